The molecule has 7 N–H and O–H groups in total. The molecule has 318 valence electrons. The normalized spacial score (nSPS) is 13.6. The van der Waals surface area contributed by atoms with Crippen LogP contribution in [0.5, 0.6) is 0 Å². The van der Waals surface area contributed by atoms with Gasteiger partial charge in [0.15, 0.2) is 0 Å². The molecule has 13 nitrogen and oxygen atoms in total. The van der Waals surface area contributed by atoms with E-state index in [4.69, 9.17) is 5.73 Å². The minimum atomic E-state index is -0.986. The second-order valence-electron chi connectivity index (χ2n) is 16.0. The van der Waals surface area contributed by atoms with Crippen molar-refractivity contribution in [1.29, 1.82) is 0 Å². The zero-order valence-electron chi connectivity index (χ0n) is 34.7. The minimum Gasteiger partial charge on any atom is -0.387 e. The summed E-state index contributed by atoms with van der Waals surface area (Å²) in [6, 6.07) is 11.1. The SMILES string of the molecule is CC(=O)NC(CCCCN)C(=O)NC(C(=O)N[C@@H](C)C(=O)NCCCN(C(=O)CO)C(c1cc(-c2cc(F)ccc2F)cn1Cc1ccccc1)C(C)(C)C)C(C)C. The predicted octanol–water partition coefficient (Wildman–Crippen LogP) is 4.18. The van der Waals surface area contributed by atoms with Crippen molar-refractivity contribution in [3.05, 3.63) is 83.7 Å². The van der Waals surface area contributed by atoms with Crippen LogP contribution < -0.4 is 27.0 Å². The van der Waals surface area contributed by atoms with Crippen LogP contribution in [-0.2, 0) is 30.5 Å². The first-order valence-electron chi connectivity index (χ1n) is 19.8. The molecule has 3 rings (SSSR count). The highest BCUT2D eigenvalue weighted by Crippen LogP contribution is 2.41. The number of hydrogen-bond donors (Lipinski definition) is 6. The van der Waals surface area contributed by atoms with Crippen LogP contribution in [-0.4, -0.2) is 88.5 Å². The molecule has 2 aromatic carbocycles. The number of benzene rings is 2. The van der Waals surface area contributed by atoms with Crippen LogP contribution in [0.3, 0.4) is 0 Å². The average Bonchev–Trinajstić information content (AvgIpc) is 3.56. The minimum absolute atomic E-state index is 0.0688. The molecule has 0 aliphatic carbocycles. The molecule has 0 aliphatic heterocycles. The topological polar surface area (TPSA) is 188 Å². The second kappa shape index (κ2) is 22.1. The van der Waals surface area contributed by atoms with E-state index in [1.807, 2.05) is 55.7 Å². The predicted molar refractivity (Wildman–Crippen MR) is 219 cm³/mol. The number of unbranched alkanes of at least 4 members (excludes halogenated alkanes) is 1. The van der Waals surface area contributed by atoms with E-state index in [0.29, 0.717) is 43.6 Å². The maximum atomic E-state index is 15.1. The van der Waals surface area contributed by atoms with Gasteiger partial charge in [-0.15, -0.1) is 0 Å². The quantitative estimate of drug-likeness (QED) is 0.0872. The molecule has 4 atom stereocenters. The summed E-state index contributed by atoms with van der Waals surface area (Å²) in [5.74, 6) is -4.06. The monoisotopic (exact) mass is 809 g/mol. The number of halogens is 2. The van der Waals surface area contributed by atoms with Gasteiger partial charge in [-0.2, -0.15) is 0 Å². The van der Waals surface area contributed by atoms with Crippen molar-refractivity contribution < 1.29 is 37.9 Å². The lowest BCUT2D eigenvalue weighted by Crippen LogP contribution is -2.57. The number of nitrogens with two attached hydrogens (primary N) is 1. The van der Waals surface area contributed by atoms with Crippen molar-refractivity contribution >= 4 is 29.5 Å². The summed E-state index contributed by atoms with van der Waals surface area (Å²) in [5, 5.41) is 20.9. The Morgan fingerprint density at radius 2 is 1.57 bits per heavy atom. The fraction of sp³-hybridized carbons (Fsp3) is 0.512. The molecule has 58 heavy (non-hydrogen) atoms. The summed E-state index contributed by atoms with van der Waals surface area (Å²) in [7, 11) is 0. The Labute approximate surface area is 340 Å². The van der Waals surface area contributed by atoms with Gasteiger partial charge in [0.1, 0.15) is 36.4 Å². The van der Waals surface area contributed by atoms with Gasteiger partial charge in [-0.25, -0.2) is 8.78 Å². The largest absolute Gasteiger partial charge is 0.387 e. The van der Waals surface area contributed by atoms with Crippen LogP contribution >= 0.6 is 0 Å². The highest BCUT2D eigenvalue weighted by atomic mass is 19.1. The van der Waals surface area contributed by atoms with Crippen molar-refractivity contribution in [3.8, 4) is 11.1 Å². The number of carbonyl (C=O) groups excluding carboxylic acids is 5. The van der Waals surface area contributed by atoms with Crippen LogP contribution in [0.15, 0.2) is 60.8 Å². The molecule has 1 heterocycles. The van der Waals surface area contributed by atoms with Gasteiger partial charge >= 0.3 is 0 Å². The van der Waals surface area contributed by atoms with Gasteiger partial charge in [-0.1, -0.05) is 65.0 Å². The van der Waals surface area contributed by atoms with E-state index >= 15 is 4.39 Å². The first kappa shape index (κ1) is 47.2. The molecule has 0 fully saturated rings. The van der Waals surface area contributed by atoms with Crippen LogP contribution in [0.25, 0.3) is 11.1 Å². The van der Waals surface area contributed by atoms with E-state index in [1.165, 1.54) is 13.8 Å². The lowest BCUT2D eigenvalue weighted by atomic mass is 9.83. The van der Waals surface area contributed by atoms with Crippen molar-refractivity contribution in [2.45, 2.75) is 105 Å². The van der Waals surface area contributed by atoms with Crippen LogP contribution in [0, 0.1) is 23.0 Å². The van der Waals surface area contributed by atoms with E-state index in [1.54, 1.807) is 31.0 Å². The highest BCUT2D eigenvalue weighted by Gasteiger charge is 2.37. The average molecular weight is 810 g/mol. The highest BCUT2D eigenvalue weighted by molar-refractivity contribution is 5.94. The van der Waals surface area contributed by atoms with Crippen molar-refractivity contribution in [2.24, 2.45) is 17.1 Å². The van der Waals surface area contributed by atoms with E-state index in [0.717, 1.165) is 23.8 Å². The molecule has 0 spiro atoms. The van der Waals surface area contributed by atoms with Gasteiger partial charge in [0.05, 0.1) is 6.04 Å². The lowest BCUT2D eigenvalue weighted by molar-refractivity contribution is -0.139. The zero-order valence-corrected chi connectivity index (χ0v) is 34.7. The maximum Gasteiger partial charge on any atom is 0.248 e. The molecule has 0 saturated carbocycles. The van der Waals surface area contributed by atoms with Crippen LogP contribution in [0.2, 0.25) is 0 Å². The molecule has 0 bridgehead atoms. The summed E-state index contributed by atoms with van der Waals surface area (Å²) < 4.78 is 31.3. The van der Waals surface area contributed by atoms with Crippen molar-refractivity contribution in [3.63, 3.8) is 0 Å². The van der Waals surface area contributed by atoms with E-state index < -0.39 is 71.5 Å². The third-order valence-corrected chi connectivity index (χ3v) is 9.75. The van der Waals surface area contributed by atoms with E-state index in [9.17, 15) is 33.5 Å². The Morgan fingerprint density at radius 3 is 2.17 bits per heavy atom. The van der Waals surface area contributed by atoms with Crippen molar-refractivity contribution in [2.75, 3.05) is 26.2 Å². The van der Waals surface area contributed by atoms with Gasteiger partial charge < -0.3 is 41.6 Å². The van der Waals surface area contributed by atoms with Crippen LogP contribution in [0.1, 0.15) is 91.4 Å². The Bertz CT molecular complexity index is 1850. The van der Waals surface area contributed by atoms with E-state index in [-0.39, 0.29) is 36.9 Å². The second-order valence-corrected chi connectivity index (χ2v) is 16.0. The smallest absolute Gasteiger partial charge is 0.248 e. The summed E-state index contributed by atoms with van der Waals surface area (Å²) >= 11 is 0. The number of aromatic nitrogens is 1. The van der Waals surface area contributed by atoms with Gasteiger partial charge in [0.2, 0.25) is 29.5 Å². The van der Waals surface area contributed by atoms with Gasteiger partial charge in [-0.3, -0.25) is 24.0 Å². The maximum absolute atomic E-state index is 15.1. The summed E-state index contributed by atoms with van der Waals surface area (Å²) in [6.45, 7) is 12.4. The molecular weight excluding hydrogens is 749 g/mol. The van der Waals surface area contributed by atoms with Gasteiger partial charge in [-0.05, 0) is 80.3 Å². The Balaban J connectivity index is 1.77. The Morgan fingerprint density at radius 1 is 0.879 bits per heavy atom. The molecule has 3 aromatic rings. The molecular formula is C43H61F2N7O6. The fourth-order valence-electron chi connectivity index (χ4n) is 6.88. The van der Waals surface area contributed by atoms with Crippen LogP contribution in [0.4, 0.5) is 8.78 Å². The summed E-state index contributed by atoms with van der Waals surface area (Å²) in [4.78, 5) is 66.4. The van der Waals surface area contributed by atoms with Gasteiger partial charge in [0, 0.05) is 49.6 Å². The standard InChI is InChI=1S/C43H61F2N7O6/c1-27(2)38(50-41(57)35(49-29(4)54)16-11-12-19-46)42(58)48-28(3)40(56)47-20-13-21-52(37(55)26-53)39(43(5,6)7)36-22-31(33-23-32(44)17-18-34(33)45)25-51(36)24-30-14-9-8-10-15-30/h8-10,14-15,17-18,22-23,25,27-28,35,38-39,53H,11-13,16,19-21,24,26,46H2,1-7H3,(H,47,56)(H,48,58)(H,49,54)(H,50,57)/t28-,35?,38?,39?/m0/s1. The van der Waals surface area contributed by atoms with E-state index in [2.05, 4.69) is 21.3 Å². The number of carbonyl (C=O) groups is 5. The van der Waals surface area contributed by atoms with Crippen molar-refractivity contribution in [1.82, 2.24) is 30.7 Å². The molecule has 5 amide bonds. The fourth-order valence-corrected chi connectivity index (χ4v) is 6.88. The van der Waals surface area contributed by atoms with Gasteiger partial charge in [0.25, 0.3) is 0 Å². The number of nitrogens with zero attached hydrogens (tertiary/aromatic N) is 2. The molecule has 1 aromatic heterocycles. The third kappa shape index (κ3) is 13.8. The number of amides is 5. The number of aliphatic hydroxyl groups excluding tert-OH is 1. The molecule has 0 radical (unpaired) electrons. The number of aliphatic hydroxyl groups is 1. The first-order chi connectivity index (χ1) is 27.4. The third-order valence-electron chi connectivity index (χ3n) is 9.75. The Kier molecular flexibility index (Phi) is 18.0. The molecule has 15 heteroatoms. The molecule has 3 unspecified atom stereocenters. The number of nitrogens with one attached hydrogen (secondary N) is 4. The molecule has 0 saturated heterocycles. The lowest BCUT2D eigenvalue weighted by Gasteiger charge is -2.41. The number of rotatable bonds is 21. The Hall–Kier alpha value is -5.15. The molecule has 0 aliphatic rings. The zero-order chi connectivity index (χ0) is 43.2. The first-order valence-corrected chi connectivity index (χ1v) is 19.8. The summed E-state index contributed by atoms with van der Waals surface area (Å²) in [5.41, 5.74) is 7.03. The number of hydrogen-bond acceptors (Lipinski definition) is 7. The summed E-state index contributed by atoms with van der Waals surface area (Å²) in [6.07, 6.45) is 3.63.